The van der Waals surface area contributed by atoms with Gasteiger partial charge in [0.2, 0.25) is 0 Å². The molecule has 1 aliphatic rings. The summed E-state index contributed by atoms with van der Waals surface area (Å²) >= 11 is 0. The summed E-state index contributed by atoms with van der Waals surface area (Å²) in [5.41, 5.74) is 1.67. The number of unbranched alkanes of at least 4 members (excludes halogenated alkanes) is 1. The standard InChI is InChI=1S/C19H16O4/c1-2-3-10-23-19(22)12-8-9-15-16(11-12)18(21)14-7-5-4-6-13(14)17(15)20/h4-9,11H,2-3,10H2,1H3. The van der Waals surface area contributed by atoms with Crippen molar-refractivity contribution in [3.05, 3.63) is 70.3 Å². The zero-order valence-electron chi connectivity index (χ0n) is 12.8. The average Bonchev–Trinajstić information content (AvgIpc) is 2.59. The van der Waals surface area contributed by atoms with E-state index in [0.717, 1.165) is 12.8 Å². The van der Waals surface area contributed by atoms with Crippen LogP contribution in [0.2, 0.25) is 0 Å². The Labute approximate surface area is 134 Å². The van der Waals surface area contributed by atoms with Crippen LogP contribution in [0.25, 0.3) is 0 Å². The third-order valence-electron chi connectivity index (χ3n) is 3.89. The first-order valence-corrected chi connectivity index (χ1v) is 7.63. The van der Waals surface area contributed by atoms with E-state index in [-0.39, 0.29) is 17.1 Å². The largest absolute Gasteiger partial charge is 0.462 e. The molecule has 0 aromatic heterocycles. The molecule has 1 aliphatic carbocycles. The molecule has 0 radical (unpaired) electrons. The Morgan fingerprint density at radius 3 is 2.17 bits per heavy atom. The third kappa shape index (κ3) is 2.68. The number of hydrogen-bond donors (Lipinski definition) is 0. The van der Waals surface area contributed by atoms with E-state index in [0.29, 0.717) is 28.9 Å². The Kier molecular flexibility index (Phi) is 4.06. The normalized spacial score (nSPS) is 12.6. The van der Waals surface area contributed by atoms with Gasteiger partial charge in [-0.25, -0.2) is 4.79 Å². The van der Waals surface area contributed by atoms with Crippen LogP contribution in [-0.4, -0.2) is 24.1 Å². The fourth-order valence-corrected chi connectivity index (χ4v) is 2.62. The monoisotopic (exact) mass is 308 g/mol. The van der Waals surface area contributed by atoms with Gasteiger partial charge in [0.05, 0.1) is 12.2 Å². The number of carbonyl (C=O) groups excluding carboxylic acids is 3. The van der Waals surface area contributed by atoms with E-state index in [9.17, 15) is 14.4 Å². The topological polar surface area (TPSA) is 60.4 Å². The van der Waals surface area contributed by atoms with Crippen LogP contribution in [0.1, 0.15) is 62.0 Å². The maximum Gasteiger partial charge on any atom is 0.338 e. The van der Waals surface area contributed by atoms with Crippen LogP contribution in [-0.2, 0) is 4.74 Å². The maximum atomic E-state index is 12.6. The minimum Gasteiger partial charge on any atom is -0.462 e. The number of rotatable bonds is 4. The molecule has 0 aliphatic heterocycles. The second-order valence-corrected chi connectivity index (χ2v) is 5.45. The van der Waals surface area contributed by atoms with Crippen molar-refractivity contribution in [3.63, 3.8) is 0 Å². The van der Waals surface area contributed by atoms with Gasteiger partial charge in [-0.3, -0.25) is 9.59 Å². The highest BCUT2D eigenvalue weighted by Gasteiger charge is 2.30. The summed E-state index contributed by atoms with van der Waals surface area (Å²) < 4.78 is 5.16. The summed E-state index contributed by atoms with van der Waals surface area (Å²) in [6, 6.07) is 11.2. The lowest BCUT2D eigenvalue weighted by atomic mass is 9.83. The van der Waals surface area contributed by atoms with Crippen LogP contribution in [0.4, 0.5) is 0 Å². The van der Waals surface area contributed by atoms with E-state index in [2.05, 4.69) is 0 Å². The fraction of sp³-hybridized carbons (Fsp3) is 0.211. The first-order chi connectivity index (χ1) is 11.1. The molecule has 0 saturated heterocycles. The minimum atomic E-state index is -0.472. The Bertz CT molecular complexity index is 805. The summed E-state index contributed by atoms with van der Waals surface area (Å²) in [5.74, 6) is -0.903. The molecule has 0 N–H and O–H groups in total. The van der Waals surface area contributed by atoms with Crippen molar-refractivity contribution < 1.29 is 19.1 Å². The second kappa shape index (κ2) is 6.16. The molecule has 3 rings (SSSR count). The second-order valence-electron chi connectivity index (χ2n) is 5.45. The summed E-state index contributed by atoms with van der Waals surface area (Å²) in [6.45, 7) is 2.36. The number of hydrogen-bond acceptors (Lipinski definition) is 4. The number of ether oxygens (including phenoxy) is 1. The highest BCUT2D eigenvalue weighted by atomic mass is 16.5. The molecule has 0 spiro atoms. The van der Waals surface area contributed by atoms with Gasteiger partial charge in [0.15, 0.2) is 11.6 Å². The number of esters is 1. The van der Waals surface area contributed by atoms with Crippen molar-refractivity contribution in [2.24, 2.45) is 0 Å². The molecule has 0 bridgehead atoms. The number of fused-ring (bicyclic) bond motifs is 2. The lowest BCUT2D eigenvalue weighted by Gasteiger charge is -2.17. The molecule has 0 saturated carbocycles. The Morgan fingerprint density at radius 2 is 1.52 bits per heavy atom. The van der Waals surface area contributed by atoms with Crippen molar-refractivity contribution in [2.45, 2.75) is 19.8 Å². The molecule has 2 aromatic rings. The van der Waals surface area contributed by atoms with Crippen molar-refractivity contribution in [2.75, 3.05) is 6.61 Å². The molecule has 0 heterocycles. The number of benzene rings is 2. The molecule has 4 heteroatoms. The molecule has 0 unspecified atom stereocenters. The lowest BCUT2D eigenvalue weighted by molar-refractivity contribution is 0.0499. The van der Waals surface area contributed by atoms with Crippen molar-refractivity contribution in [1.29, 1.82) is 0 Å². The van der Waals surface area contributed by atoms with Gasteiger partial charge in [-0.2, -0.15) is 0 Å². The van der Waals surface area contributed by atoms with E-state index < -0.39 is 5.97 Å². The van der Waals surface area contributed by atoms with Crippen LogP contribution in [0, 0.1) is 0 Å². The zero-order chi connectivity index (χ0) is 16.4. The summed E-state index contributed by atoms with van der Waals surface area (Å²) in [5, 5.41) is 0. The zero-order valence-corrected chi connectivity index (χ0v) is 12.8. The molecule has 0 fully saturated rings. The lowest BCUT2D eigenvalue weighted by Crippen LogP contribution is -2.21. The predicted octanol–water partition coefficient (Wildman–Crippen LogP) is 3.42. The molecule has 2 aromatic carbocycles. The van der Waals surface area contributed by atoms with Crippen LogP contribution < -0.4 is 0 Å². The fourth-order valence-electron chi connectivity index (χ4n) is 2.62. The predicted molar refractivity (Wildman–Crippen MR) is 84.9 cm³/mol. The maximum absolute atomic E-state index is 12.6. The number of carbonyl (C=O) groups is 3. The highest BCUT2D eigenvalue weighted by molar-refractivity contribution is 6.28. The quantitative estimate of drug-likeness (QED) is 0.547. The van der Waals surface area contributed by atoms with Gasteiger partial charge in [-0.15, -0.1) is 0 Å². The van der Waals surface area contributed by atoms with Crippen LogP contribution in [0.15, 0.2) is 42.5 Å². The smallest absolute Gasteiger partial charge is 0.338 e. The van der Waals surface area contributed by atoms with Crippen LogP contribution in [0.3, 0.4) is 0 Å². The van der Waals surface area contributed by atoms with Crippen molar-refractivity contribution >= 4 is 17.5 Å². The number of ketones is 2. The molecule has 23 heavy (non-hydrogen) atoms. The molecule has 0 amide bonds. The van der Waals surface area contributed by atoms with Gasteiger partial charge in [-0.1, -0.05) is 37.6 Å². The third-order valence-corrected chi connectivity index (χ3v) is 3.89. The summed E-state index contributed by atoms with van der Waals surface area (Å²) in [4.78, 5) is 37.1. The molecular weight excluding hydrogens is 292 g/mol. The van der Waals surface area contributed by atoms with Gasteiger partial charge in [0.25, 0.3) is 0 Å². The molecular formula is C19H16O4. The molecule has 4 nitrogen and oxygen atoms in total. The van der Waals surface area contributed by atoms with Gasteiger partial charge in [-0.05, 0) is 24.6 Å². The van der Waals surface area contributed by atoms with E-state index in [1.807, 2.05) is 6.92 Å². The average molecular weight is 308 g/mol. The summed E-state index contributed by atoms with van der Waals surface area (Å²) in [7, 11) is 0. The minimum absolute atomic E-state index is 0.193. The van der Waals surface area contributed by atoms with Gasteiger partial charge >= 0.3 is 5.97 Å². The van der Waals surface area contributed by atoms with Crippen LogP contribution >= 0.6 is 0 Å². The molecule has 116 valence electrons. The van der Waals surface area contributed by atoms with Crippen LogP contribution in [0.5, 0.6) is 0 Å². The Hall–Kier alpha value is -2.75. The molecule has 0 atom stereocenters. The van der Waals surface area contributed by atoms with E-state index >= 15 is 0 Å². The Morgan fingerprint density at radius 1 is 0.913 bits per heavy atom. The summed E-state index contributed by atoms with van der Waals surface area (Å²) in [6.07, 6.45) is 1.72. The van der Waals surface area contributed by atoms with Crippen molar-refractivity contribution in [3.8, 4) is 0 Å². The van der Waals surface area contributed by atoms with E-state index in [4.69, 9.17) is 4.74 Å². The Balaban J connectivity index is 1.96. The first kappa shape index (κ1) is 15.2. The van der Waals surface area contributed by atoms with Gasteiger partial charge in [0, 0.05) is 22.3 Å². The van der Waals surface area contributed by atoms with E-state index in [1.165, 1.54) is 18.2 Å². The van der Waals surface area contributed by atoms with E-state index in [1.54, 1.807) is 24.3 Å². The SMILES string of the molecule is CCCCOC(=O)c1ccc2c(c1)C(=O)c1ccccc1C2=O. The highest BCUT2D eigenvalue weighted by Crippen LogP contribution is 2.28. The van der Waals surface area contributed by atoms with Gasteiger partial charge in [0.1, 0.15) is 0 Å². The first-order valence-electron chi connectivity index (χ1n) is 7.63. The van der Waals surface area contributed by atoms with Crippen molar-refractivity contribution in [1.82, 2.24) is 0 Å². The van der Waals surface area contributed by atoms with Gasteiger partial charge < -0.3 is 4.74 Å².